The molecule has 1 aliphatic carbocycles. The van der Waals surface area contributed by atoms with Gasteiger partial charge < -0.3 is 25.1 Å². The van der Waals surface area contributed by atoms with Gasteiger partial charge in [-0.2, -0.15) is 0 Å². The van der Waals surface area contributed by atoms with Gasteiger partial charge in [0, 0.05) is 18.8 Å². The van der Waals surface area contributed by atoms with Crippen molar-refractivity contribution in [2.24, 2.45) is 0 Å². The van der Waals surface area contributed by atoms with E-state index in [4.69, 9.17) is 4.74 Å². The van der Waals surface area contributed by atoms with E-state index in [1.807, 2.05) is 48.3 Å². The summed E-state index contributed by atoms with van der Waals surface area (Å²) in [4.78, 5) is 35.4. The van der Waals surface area contributed by atoms with Crippen molar-refractivity contribution in [3.63, 3.8) is 0 Å². The normalized spacial score (nSPS) is 14.5. The largest absolute Gasteiger partial charge is 0.444 e. The summed E-state index contributed by atoms with van der Waals surface area (Å²) in [5.74, 6) is -0.325. The fraction of sp³-hybridized carbons (Fsp3) is 0.464. The number of ether oxygens (including phenoxy) is 1. The molecule has 1 unspecified atom stereocenters. The summed E-state index contributed by atoms with van der Waals surface area (Å²) in [6, 6.07) is 15.8. The predicted molar refractivity (Wildman–Crippen MR) is 139 cm³/mol. The van der Waals surface area contributed by atoms with Crippen molar-refractivity contribution in [3.05, 3.63) is 66.0 Å². The molecule has 2 amide bonds. The Bertz CT molecular complexity index is 972. The number of alkyl carbamates (subject to hydrolysis) is 1. The zero-order chi connectivity index (χ0) is 26.6. The standard InChI is InChI=1S/C21H25FN2O.C7H13NO3/c1-24(19-14-8-11-17(22)15-19)20(16-9-4-2-5-10-16)21(25)23-18-12-6-3-7-13-18;1-7(2,3)11-6(10)8-4-5-9/h2,4-5,8-11,14-15,18,20H,3,6-7,12-13H2,1H3,(H,23,25);5H,4H2,1-3H3,(H,8,10). The zero-order valence-corrected chi connectivity index (χ0v) is 21.6. The molecule has 0 heterocycles. The van der Waals surface area contributed by atoms with Gasteiger partial charge in [0.15, 0.2) is 0 Å². The third kappa shape index (κ3) is 10.1. The Labute approximate surface area is 213 Å². The number of carbonyl (C=O) groups is 3. The molecule has 0 aromatic heterocycles. The molecule has 1 atom stereocenters. The second-order valence-electron chi connectivity index (χ2n) is 9.80. The summed E-state index contributed by atoms with van der Waals surface area (Å²) in [5.41, 5.74) is 1.09. The Morgan fingerprint density at radius 1 is 1.08 bits per heavy atom. The molecule has 1 aliphatic rings. The van der Waals surface area contributed by atoms with Gasteiger partial charge in [-0.05, 0) is 57.4 Å². The lowest BCUT2D eigenvalue weighted by atomic mass is 9.94. The summed E-state index contributed by atoms with van der Waals surface area (Å²) in [7, 11) is 1.84. The number of aldehydes is 1. The lowest BCUT2D eigenvalue weighted by Crippen LogP contribution is -2.44. The number of nitrogens with one attached hydrogen (secondary N) is 2. The van der Waals surface area contributed by atoms with E-state index >= 15 is 0 Å². The summed E-state index contributed by atoms with van der Waals surface area (Å²) in [5, 5.41) is 5.47. The number of carbonyl (C=O) groups excluding carboxylic acids is 3. The Morgan fingerprint density at radius 2 is 1.75 bits per heavy atom. The van der Waals surface area contributed by atoms with Crippen molar-refractivity contribution < 1.29 is 23.5 Å². The molecule has 0 radical (unpaired) electrons. The molecule has 8 heteroatoms. The molecular weight excluding hydrogens is 461 g/mol. The van der Waals surface area contributed by atoms with Gasteiger partial charge in [0.2, 0.25) is 5.91 Å². The summed E-state index contributed by atoms with van der Waals surface area (Å²) in [6.07, 6.45) is 5.70. The average molecular weight is 500 g/mol. The molecule has 36 heavy (non-hydrogen) atoms. The summed E-state index contributed by atoms with van der Waals surface area (Å²) in [6.45, 7) is 5.27. The van der Waals surface area contributed by atoms with Gasteiger partial charge in [-0.3, -0.25) is 4.79 Å². The highest BCUT2D eigenvalue weighted by atomic mass is 19.1. The fourth-order valence-electron chi connectivity index (χ4n) is 4.00. The number of amides is 2. The van der Waals surface area contributed by atoms with E-state index in [1.54, 1.807) is 26.8 Å². The maximum absolute atomic E-state index is 13.6. The second kappa shape index (κ2) is 14.2. The minimum absolute atomic E-state index is 0.00505. The monoisotopic (exact) mass is 499 g/mol. The molecule has 7 nitrogen and oxygen atoms in total. The van der Waals surface area contributed by atoms with Crippen molar-refractivity contribution >= 4 is 24.0 Å². The van der Waals surface area contributed by atoms with Gasteiger partial charge in [0.1, 0.15) is 23.7 Å². The molecule has 2 N–H and O–H groups in total. The SMILES string of the molecule is CC(C)(C)OC(=O)NCC=O.CN(c1cccc(F)c1)C(C(=O)NC1CCCCC1)c1ccccc1. The first-order valence-electron chi connectivity index (χ1n) is 12.3. The smallest absolute Gasteiger partial charge is 0.408 e. The van der Waals surface area contributed by atoms with E-state index in [1.165, 1.54) is 31.4 Å². The van der Waals surface area contributed by atoms with Crippen molar-refractivity contribution in [2.45, 2.75) is 70.6 Å². The third-order valence-corrected chi connectivity index (χ3v) is 5.65. The number of nitrogens with zero attached hydrogens (tertiary/aromatic N) is 1. The number of hydrogen-bond donors (Lipinski definition) is 2. The van der Waals surface area contributed by atoms with E-state index in [2.05, 4.69) is 10.6 Å². The van der Waals surface area contributed by atoms with Crippen molar-refractivity contribution in [1.82, 2.24) is 10.6 Å². The van der Waals surface area contributed by atoms with E-state index < -0.39 is 17.7 Å². The highest BCUT2D eigenvalue weighted by Crippen LogP contribution is 2.27. The lowest BCUT2D eigenvalue weighted by molar-refractivity contribution is -0.123. The van der Waals surface area contributed by atoms with Crippen molar-refractivity contribution in [1.29, 1.82) is 0 Å². The van der Waals surface area contributed by atoms with E-state index in [0.717, 1.165) is 18.4 Å². The van der Waals surface area contributed by atoms with Crippen LogP contribution in [-0.2, 0) is 14.3 Å². The van der Waals surface area contributed by atoms with Crippen LogP contribution in [0, 0.1) is 5.82 Å². The number of rotatable bonds is 7. The Hall–Kier alpha value is -3.42. The van der Waals surface area contributed by atoms with Crippen LogP contribution >= 0.6 is 0 Å². The second-order valence-corrected chi connectivity index (χ2v) is 9.80. The van der Waals surface area contributed by atoms with Crippen LogP contribution in [0.3, 0.4) is 0 Å². The molecule has 0 aliphatic heterocycles. The highest BCUT2D eigenvalue weighted by Gasteiger charge is 2.28. The third-order valence-electron chi connectivity index (χ3n) is 5.65. The number of halogens is 1. The van der Waals surface area contributed by atoms with Crippen LogP contribution in [0.4, 0.5) is 14.9 Å². The van der Waals surface area contributed by atoms with E-state index in [-0.39, 0.29) is 24.3 Å². The highest BCUT2D eigenvalue weighted by molar-refractivity contribution is 5.86. The Kier molecular flexibility index (Phi) is 11.4. The number of hydrogen-bond acceptors (Lipinski definition) is 5. The van der Waals surface area contributed by atoms with E-state index in [0.29, 0.717) is 12.0 Å². The predicted octanol–water partition coefficient (Wildman–Crippen LogP) is 5.16. The van der Waals surface area contributed by atoms with Crippen molar-refractivity contribution in [3.8, 4) is 0 Å². The molecule has 0 spiro atoms. The van der Waals surface area contributed by atoms with Gasteiger partial charge >= 0.3 is 6.09 Å². The molecule has 1 saturated carbocycles. The first-order valence-corrected chi connectivity index (χ1v) is 12.3. The van der Waals surface area contributed by atoms with Gasteiger partial charge in [0.25, 0.3) is 0 Å². The average Bonchev–Trinajstić information content (AvgIpc) is 2.83. The molecule has 2 aromatic rings. The van der Waals surface area contributed by atoms with Gasteiger partial charge in [0.05, 0.1) is 6.54 Å². The molecule has 0 bridgehead atoms. The Morgan fingerprint density at radius 3 is 2.33 bits per heavy atom. The quantitative estimate of drug-likeness (QED) is 0.514. The van der Waals surface area contributed by atoms with Gasteiger partial charge in [-0.15, -0.1) is 0 Å². The van der Waals surface area contributed by atoms with Gasteiger partial charge in [-0.1, -0.05) is 55.7 Å². The van der Waals surface area contributed by atoms with Crippen LogP contribution in [-0.4, -0.2) is 43.5 Å². The maximum Gasteiger partial charge on any atom is 0.408 e. The summed E-state index contributed by atoms with van der Waals surface area (Å²) >= 11 is 0. The van der Waals surface area contributed by atoms with Crippen LogP contribution in [0.2, 0.25) is 0 Å². The molecule has 3 rings (SSSR count). The molecule has 196 valence electrons. The minimum atomic E-state index is -0.565. The molecule has 0 saturated heterocycles. The van der Waals surface area contributed by atoms with Crippen LogP contribution in [0.15, 0.2) is 54.6 Å². The van der Waals surface area contributed by atoms with Crippen LogP contribution in [0.25, 0.3) is 0 Å². The van der Waals surface area contributed by atoms with Gasteiger partial charge in [-0.25, -0.2) is 9.18 Å². The first kappa shape index (κ1) is 28.8. The van der Waals surface area contributed by atoms with Crippen molar-refractivity contribution in [2.75, 3.05) is 18.5 Å². The number of likely N-dealkylation sites (N-methyl/N-ethyl adjacent to an activating group) is 1. The summed E-state index contributed by atoms with van der Waals surface area (Å²) < 4.78 is 18.5. The molecule has 2 aromatic carbocycles. The lowest BCUT2D eigenvalue weighted by Gasteiger charge is -2.32. The van der Waals surface area contributed by atoms with Crippen LogP contribution in [0.5, 0.6) is 0 Å². The Balaban J connectivity index is 0.000000352. The van der Waals surface area contributed by atoms with Crippen LogP contribution in [0.1, 0.15) is 64.5 Å². The fourth-order valence-corrected chi connectivity index (χ4v) is 4.00. The molecule has 1 fully saturated rings. The van der Waals surface area contributed by atoms with E-state index in [9.17, 15) is 18.8 Å². The van der Waals surface area contributed by atoms with Crippen LogP contribution < -0.4 is 15.5 Å². The zero-order valence-electron chi connectivity index (χ0n) is 21.6. The molecular formula is C28H38FN3O4. The minimum Gasteiger partial charge on any atom is -0.444 e. The first-order chi connectivity index (χ1) is 17.1. The maximum atomic E-state index is 13.6. The topological polar surface area (TPSA) is 87.7 Å². The number of anilines is 1. The number of benzene rings is 2.